The molecule has 6 nitrogen and oxygen atoms in total. The molecule has 1 amide bonds. The number of amides is 1. The van der Waals surface area contributed by atoms with Crippen LogP contribution in [-0.2, 0) is 23.1 Å². The minimum absolute atomic E-state index is 0.0657. The molecule has 2 heterocycles. The molecule has 3 aromatic rings. The lowest BCUT2D eigenvalue weighted by molar-refractivity contribution is -0.143. The quantitative estimate of drug-likeness (QED) is 0.274. The normalized spacial score (nSPS) is 27.1. The fourth-order valence-electron chi connectivity index (χ4n) is 9.04. The van der Waals surface area contributed by atoms with Crippen molar-refractivity contribution in [2.75, 3.05) is 26.7 Å². The van der Waals surface area contributed by atoms with Crippen LogP contribution >= 0.6 is 23.2 Å². The first-order valence-electron chi connectivity index (χ1n) is 16.3. The smallest absolute Gasteiger partial charge is 0.227 e. The lowest BCUT2D eigenvalue weighted by Crippen LogP contribution is -2.69. The highest BCUT2D eigenvalue weighted by molar-refractivity contribution is 6.42. The monoisotopic (exact) mass is 648 g/mol. The zero-order chi connectivity index (χ0) is 31.5. The number of hydrogen-bond donors (Lipinski definition) is 1. The van der Waals surface area contributed by atoms with E-state index >= 15 is 0 Å². The van der Waals surface area contributed by atoms with Gasteiger partial charge in [-0.15, -0.1) is 0 Å². The first kappa shape index (κ1) is 30.9. The van der Waals surface area contributed by atoms with Crippen molar-refractivity contribution >= 4 is 29.1 Å². The summed E-state index contributed by atoms with van der Waals surface area (Å²) in [5.74, 6) is 2.39. The third-order valence-corrected chi connectivity index (χ3v) is 11.6. The highest BCUT2D eigenvalue weighted by atomic mass is 35.5. The number of halogens is 2. The number of ether oxygens (including phenoxy) is 2. The zero-order valence-corrected chi connectivity index (χ0v) is 27.7. The van der Waals surface area contributed by atoms with Gasteiger partial charge in [-0.05, 0) is 79.0 Å². The highest BCUT2D eigenvalue weighted by Crippen LogP contribution is 2.64. The number of methoxy groups -OCH3 is 1. The van der Waals surface area contributed by atoms with E-state index in [4.69, 9.17) is 32.7 Å². The maximum Gasteiger partial charge on any atom is 0.227 e. The SMILES string of the molecule is COc1ccc2c3c1O[C@H]1[C@@H](N(CC(C)C)C(=O)Cc4ccc(Cl)c(Cl)c4)CC[C@H]4[C@@H](C2)N(CC(O)c2ccccc2)CC[C@@]341. The van der Waals surface area contributed by atoms with Gasteiger partial charge in [0.1, 0.15) is 6.10 Å². The molecule has 1 N–H and O–H groups in total. The summed E-state index contributed by atoms with van der Waals surface area (Å²) in [5, 5.41) is 12.2. The van der Waals surface area contributed by atoms with Crippen LogP contribution in [0.4, 0.5) is 0 Å². The van der Waals surface area contributed by atoms with Crippen LogP contribution in [-0.4, -0.2) is 65.7 Å². The zero-order valence-electron chi connectivity index (χ0n) is 26.2. The van der Waals surface area contributed by atoms with Crippen LogP contribution in [0.25, 0.3) is 0 Å². The number of hydrogen-bond acceptors (Lipinski definition) is 5. The van der Waals surface area contributed by atoms with Gasteiger partial charge in [0.25, 0.3) is 0 Å². The molecule has 7 rings (SSSR count). The molecule has 0 aromatic heterocycles. The van der Waals surface area contributed by atoms with Crippen LogP contribution in [0.5, 0.6) is 11.5 Å². The summed E-state index contributed by atoms with van der Waals surface area (Å²) in [6.07, 6.45) is 3.26. The molecule has 2 aliphatic carbocycles. The molecule has 8 heteroatoms. The fourth-order valence-corrected chi connectivity index (χ4v) is 9.36. The summed E-state index contributed by atoms with van der Waals surface area (Å²) < 4.78 is 12.9. The van der Waals surface area contributed by atoms with Crippen molar-refractivity contribution in [3.8, 4) is 11.5 Å². The van der Waals surface area contributed by atoms with Crippen molar-refractivity contribution in [2.24, 2.45) is 11.8 Å². The maximum atomic E-state index is 14.2. The largest absolute Gasteiger partial charge is 0.493 e. The maximum absolute atomic E-state index is 14.2. The molecule has 6 atom stereocenters. The van der Waals surface area contributed by atoms with E-state index in [0.29, 0.717) is 41.0 Å². The van der Waals surface area contributed by atoms with Gasteiger partial charge in [-0.2, -0.15) is 0 Å². The van der Waals surface area contributed by atoms with Gasteiger partial charge < -0.3 is 19.5 Å². The van der Waals surface area contributed by atoms with Crippen LogP contribution in [0, 0.1) is 11.8 Å². The van der Waals surface area contributed by atoms with E-state index < -0.39 is 6.10 Å². The molecule has 2 bridgehead atoms. The second-order valence-corrected chi connectivity index (χ2v) is 14.6. The summed E-state index contributed by atoms with van der Waals surface area (Å²) in [4.78, 5) is 18.8. The summed E-state index contributed by atoms with van der Waals surface area (Å²) in [5.41, 5.74) is 4.22. The van der Waals surface area contributed by atoms with E-state index in [1.165, 1.54) is 11.1 Å². The summed E-state index contributed by atoms with van der Waals surface area (Å²) in [7, 11) is 1.71. The average Bonchev–Trinajstić information content (AvgIpc) is 3.38. The minimum atomic E-state index is -0.541. The van der Waals surface area contributed by atoms with Gasteiger partial charge >= 0.3 is 0 Å². The summed E-state index contributed by atoms with van der Waals surface area (Å²) >= 11 is 12.5. The number of likely N-dealkylation sites (tertiary alicyclic amines) is 1. The average molecular weight is 650 g/mol. The molecule has 45 heavy (non-hydrogen) atoms. The van der Waals surface area contributed by atoms with E-state index in [1.54, 1.807) is 19.2 Å². The van der Waals surface area contributed by atoms with Crippen molar-refractivity contribution in [3.05, 3.63) is 93.0 Å². The fraction of sp³-hybridized carbons (Fsp3) is 0.486. The van der Waals surface area contributed by atoms with Gasteiger partial charge in [0, 0.05) is 30.1 Å². The molecule has 2 aliphatic heterocycles. The van der Waals surface area contributed by atoms with E-state index in [1.807, 2.05) is 42.5 Å². The molecule has 1 saturated heterocycles. The molecule has 3 aromatic carbocycles. The van der Waals surface area contributed by atoms with Crippen molar-refractivity contribution in [1.82, 2.24) is 9.80 Å². The first-order valence-corrected chi connectivity index (χ1v) is 17.0. The third-order valence-electron chi connectivity index (χ3n) is 10.8. The predicted octanol–water partition coefficient (Wildman–Crippen LogP) is 6.87. The number of β-amino-alcohol motifs (C(OH)–C–C–N with tert-alkyl or cyclic N) is 1. The second-order valence-electron chi connectivity index (χ2n) is 13.8. The first-order chi connectivity index (χ1) is 21.7. The van der Waals surface area contributed by atoms with Crippen LogP contribution in [0.1, 0.15) is 61.5 Å². The van der Waals surface area contributed by atoms with E-state index in [2.05, 4.69) is 29.7 Å². The molecule has 0 radical (unpaired) electrons. The van der Waals surface area contributed by atoms with Crippen molar-refractivity contribution in [3.63, 3.8) is 0 Å². The Balaban J connectivity index is 1.24. The molecule has 238 valence electrons. The minimum Gasteiger partial charge on any atom is -0.493 e. The molecular weight excluding hydrogens is 607 g/mol. The number of aliphatic hydroxyl groups excluding tert-OH is 1. The number of benzene rings is 3. The van der Waals surface area contributed by atoms with Gasteiger partial charge in [0.05, 0.1) is 35.7 Å². The lowest BCUT2D eigenvalue weighted by Gasteiger charge is -2.60. The molecule has 1 spiro atoms. The number of rotatable bonds is 9. The van der Waals surface area contributed by atoms with Crippen molar-refractivity contribution in [2.45, 2.75) is 75.7 Å². The number of carbonyl (C=O) groups excluding carboxylic acids is 1. The Hall–Kier alpha value is -2.77. The van der Waals surface area contributed by atoms with Crippen LogP contribution < -0.4 is 9.47 Å². The van der Waals surface area contributed by atoms with Gasteiger partial charge in [0.15, 0.2) is 11.5 Å². The summed E-state index contributed by atoms with van der Waals surface area (Å²) in [6.45, 7) is 6.47. The van der Waals surface area contributed by atoms with Gasteiger partial charge in [0.2, 0.25) is 5.91 Å². The van der Waals surface area contributed by atoms with Crippen molar-refractivity contribution < 1.29 is 19.4 Å². The highest BCUT2D eigenvalue weighted by Gasteiger charge is 2.66. The van der Waals surface area contributed by atoms with Crippen LogP contribution in [0.3, 0.4) is 0 Å². The second kappa shape index (κ2) is 12.1. The number of aliphatic hydroxyl groups is 1. The molecule has 1 unspecified atom stereocenters. The third kappa shape index (κ3) is 5.22. The molecule has 4 aliphatic rings. The number of piperidine rings is 1. The molecular formula is C37H42Cl2N2O4. The standard InChI is InChI=1S/C37H42Cl2N2O4/c1-22(2)20-41(33(43)18-23-9-12-27(38)28(39)17-23)29-13-11-26-30-19-25-10-14-32(44-3)35-34(25)37(26,36(29)45-35)15-16-40(30)21-31(42)24-7-5-4-6-8-24/h4-10,12,14,17,22,26,29-31,36,42H,11,13,15-16,18-21H2,1-3H3/t26-,29-,30+,31?,36-,37-/m0/s1. The number of nitrogens with zero attached hydrogens (tertiary/aromatic N) is 2. The van der Waals surface area contributed by atoms with Gasteiger partial charge in [-0.25, -0.2) is 0 Å². The van der Waals surface area contributed by atoms with E-state index in [-0.39, 0.29) is 29.9 Å². The predicted molar refractivity (Wildman–Crippen MR) is 177 cm³/mol. The van der Waals surface area contributed by atoms with E-state index in [0.717, 1.165) is 54.9 Å². The Morgan fingerprint density at radius 2 is 1.91 bits per heavy atom. The Morgan fingerprint density at radius 1 is 1.11 bits per heavy atom. The Kier molecular flexibility index (Phi) is 8.31. The topological polar surface area (TPSA) is 62.2 Å². The van der Waals surface area contributed by atoms with Gasteiger partial charge in [-0.3, -0.25) is 9.69 Å². The van der Waals surface area contributed by atoms with Crippen LogP contribution in [0.15, 0.2) is 60.7 Å². The Morgan fingerprint density at radius 3 is 2.64 bits per heavy atom. The van der Waals surface area contributed by atoms with Crippen LogP contribution in [0.2, 0.25) is 10.0 Å². The summed E-state index contributed by atoms with van der Waals surface area (Å²) in [6, 6.07) is 19.9. The molecule has 1 saturated carbocycles. The Labute approximate surface area is 276 Å². The van der Waals surface area contributed by atoms with Crippen molar-refractivity contribution in [1.29, 1.82) is 0 Å². The van der Waals surface area contributed by atoms with E-state index in [9.17, 15) is 9.90 Å². The number of carbonyl (C=O) groups is 1. The Bertz CT molecular complexity index is 1580. The molecule has 2 fully saturated rings. The lowest BCUT2D eigenvalue weighted by atomic mass is 9.51. The van der Waals surface area contributed by atoms with Gasteiger partial charge in [-0.1, -0.05) is 79.5 Å².